The molecule has 5 aliphatic carbocycles. The van der Waals surface area contributed by atoms with Crippen LogP contribution in [0, 0.1) is 39.9 Å². The van der Waals surface area contributed by atoms with Crippen molar-refractivity contribution in [3.63, 3.8) is 0 Å². The van der Waals surface area contributed by atoms with Crippen molar-refractivity contribution in [2.75, 3.05) is 13.7 Å². The Hall–Kier alpha value is -3.28. The van der Waals surface area contributed by atoms with Crippen molar-refractivity contribution in [3.05, 3.63) is 23.3 Å². The largest absolute Gasteiger partial charge is 0.496 e. The minimum Gasteiger partial charge on any atom is -0.496 e. The molecule has 1 aromatic rings. The molecule has 2 bridgehead atoms. The molecule has 5 saturated carbocycles. The number of carbonyl (C=O) groups is 3. The molecular weight excluding hydrogens is 522 g/mol. The van der Waals surface area contributed by atoms with Gasteiger partial charge in [-0.25, -0.2) is 0 Å². The summed E-state index contributed by atoms with van der Waals surface area (Å²) in [5, 5.41) is 25.8. The van der Waals surface area contributed by atoms with E-state index in [0.717, 1.165) is 38.5 Å². The van der Waals surface area contributed by atoms with Gasteiger partial charge in [0.2, 0.25) is 5.91 Å². The van der Waals surface area contributed by atoms with Gasteiger partial charge in [0.15, 0.2) is 0 Å². The van der Waals surface area contributed by atoms with Gasteiger partial charge in [-0.3, -0.25) is 14.4 Å². The second kappa shape index (κ2) is 11.5. The van der Waals surface area contributed by atoms with Crippen LogP contribution in [0.4, 0.5) is 0 Å². The molecule has 5 fully saturated rings. The highest BCUT2D eigenvalue weighted by Crippen LogP contribution is 2.46. The SMILES string of the molecule is COc1cc(C#N)c(OC2CCC(C)(C(=O)O)CC2)cc1C(=O)N[C@H]1C2CCC(CC2)C1C(=O)NCC1(C)CCC1. The van der Waals surface area contributed by atoms with Gasteiger partial charge in [0.1, 0.15) is 17.6 Å². The van der Waals surface area contributed by atoms with E-state index in [9.17, 15) is 24.8 Å². The van der Waals surface area contributed by atoms with Gasteiger partial charge in [0.05, 0.1) is 35.7 Å². The Morgan fingerprint density at radius 2 is 1.66 bits per heavy atom. The number of carboxylic acid groups (broad SMARTS) is 1. The fourth-order valence-corrected chi connectivity index (χ4v) is 7.47. The van der Waals surface area contributed by atoms with Crippen LogP contribution in [-0.2, 0) is 9.59 Å². The molecule has 2 atom stereocenters. The van der Waals surface area contributed by atoms with E-state index in [2.05, 4.69) is 23.6 Å². The monoisotopic (exact) mass is 565 g/mol. The molecule has 6 rings (SSSR count). The van der Waals surface area contributed by atoms with Crippen LogP contribution in [0.5, 0.6) is 11.5 Å². The van der Waals surface area contributed by atoms with Crippen molar-refractivity contribution >= 4 is 17.8 Å². The maximum atomic E-state index is 13.8. The van der Waals surface area contributed by atoms with Crippen molar-refractivity contribution in [1.82, 2.24) is 10.6 Å². The zero-order chi connectivity index (χ0) is 29.4. The van der Waals surface area contributed by atoms with Crippen LogP contribution in [0.1, 0.15) is 100 Å². The second-order valence-corrected chi connectivity index (χ2v) is 13.4. The van der Waals surface area contributed by atoms with Gasteiger partial charge in [0, 0.05) is 18.7 Å². The van der Waals surface area contributed by atoms with Crippen LogP contribution in [0.25, 0.3) is 0 Å². The summed E-state index contributed by atoms with van der Waals surface area (Å²) < 4.78 is 11.7. The number of carbonyl (C=O) groups excluding carboxylic acids is 2. The Kier molecular flexibility index (Phi) is 8.22. The number of methoxy groups -OCH3 is 1. The normalized spacial score (nSPS) is 31.7. The summed E-state index contributed by atoms with van der Waals surface area (Å²) in [6.45, 7) is 4.65. The average molecular weight is 566 g/mol. The second-order valence-electron chi connectivity index (χ2n) is 13.4. The van der Waals surface area contributed by atoms with Crippen molar-refractivity contribution in [2.45, 2.75) is 96.6 Å². The summed E-state index contributed by atoms with van der Waals surface area (Å²) in [6.07, 6.45) is 9.26. The molecule has 9 heteroatoms. The molecule has 2 amide bonds. The zero-order valence-corrected chi connectivity index (χ0v) is 24.5. The Morgan fingerprint density at radius 1 is 1.00 bits per heavy atom. The highest BCUT2D eigenvalue weighted by Gasteiger charge is 2.48. The quantitative estimate of drug-likeness (QED) is 0.390. The molecule has 3 N–H and O–H groups in total. The lowest BCUT2D eigenvalue weighted by atomic mass is 9.61. The van der Waals surface area contributed by atoms with Gasteiger partial charge in [-0.15, -0.1) is 0 Å². The number of ether oxygens (including phenoxy) is 2. The number of benzene rings is 1. The van der Waals surface area contributed by atoms with E-state index in [1.165, 1.54) is 19.6 Å². The van der Waals surface area contributed by atoms with Crippen LogP contribution in [0.15, 0.2) is 12.1 Å². The Labute approximate surface area is 242 Å². The number of fused-ring (bicyclic) bond motifs is 3. The van der Waals surface area contributed by atoms with Crippen molar-refractivity contribution in [1.29, 1.82) is 5.26 Å². The number of hydrogen-bond donors (Lipinski definition) is 3. The fourth-order valence-electron chi connectivity index (χ4n) is 7.47. The van der Waals surface area contributed by atoms with Crippen molar-refractivity contribution in [3.8, 4) is 17.6 Å². The fraction of sp³-hybridized carbons (Fsp3) is 0.688. The number of nitriles is 1. The lowest BCUT2D eigenvalue weighted by Gasteiger charge is -2.48. The van der Waals surface area contributed by atoms with E-state index in [-0.39, 0.29) is 69.8 Å². The van der Waals surface area contributed by atoms with E-state index in [1.807, 2.05) is 0 Å². The zero-order valence-electron chi connectivity index (χ0n) is 24.5. The first-order valence-corrected chi connectivity index (χ1v) is 15.2. The van der Waals surface area contributed by atoms with Crippen LogP contribution < -0.4 is 20.1 Å². The van der Waals surface area contributed by atoms with Gasteiger partial charge in [-0.05, 0) is 94.4 Å². The van der Waals surface area contributed by atoms with Gasteiger partial charge in [-0.1, -0.05) is 13.3 Å². The predicted molar refractivity (Wildman–Crippen MR) is 151 cm³/mol. The Morgan fingerprint density at radius 3 is 2.22 bits per heavy atom. The van der Waals surface area contributed by atoms with Gasteiger partial charge < -0.3 is 25.2 Å². The van der Waals surface area contributed by atoms with Crippen LogP contribution in [0.3, 0.4) is 0 Å². The summed E-state index contributed by atoms with van der Waals surface area (Å²) in [5.41, 5.74) is -0.0849. The van der Waals surface area contributed by atoms with Crippen molar-refractivity contribution < 1.29 is 29.0 Å². The van der Waals surface area contributed by atoms with Crippen molar-refractivity contribution in [2.24, 2.45) is 28.6 Å². The first kappa shape index (κ1) is 29.2. The minimum absolute atomic E-state index is 0.0410. The summed E-state index contributed by atoms with van der Waals surface area (Å²) in [6, 6.07) is 4.95. The molecule has 222 valence electrons. The first-order chi connectivity index (χ1) is 19.6. The molecular formula is C32H43N3O6. The van der Waals surface area contributed by atoms with E-state index in [1.54, 1.807) is 13.0 Å². The summed E-state index contributed by atoms with van der Waals surface area (Å²) in [5.74, 6) is -0.324. The molecule has 0 heterocycles. The maximum absolute atomic E-state index is 13.8. The third-order valence-electron chi connectivity index (χ3n) is 10.6. The Bertz CT molecular complexity index is 1220. The number of carboxylic acids is 1. The van der Waals surface area contributed by atoms with E-state index in [4.69, 9.17) is 9.47 Å². The molecule has 41 heavy (non-hydrogen) atoms. The van der Waals surface area contributed by atoms with Gasteiger partial charge in [-0.2, -0.15) is 5.26 Å². The van der Waals surface area contributed by atoms with E-state index < -0.39 is 11.4 Å². The first-order valence-electron chi connectivity index (χ1n) is 15.2. The molecule has 1 unspecified atom stereocenters. The minimum atomic E-state index is -0.808. The number of aliphatic carboxylic acids is 1. The maximum Gasteiger partial charge on any atom is 0.309 e. The number of rotatable bonds is 9. The highest BCUT2D eigenvalue weighted by atomic mass is 16.5. The van der Waals surface area contributed by atoms with Crippen LogP contribution in [0.2, 0.25) is 0 Å². The lowest BCUT2D eigenvalue weighted by Crippen LogP contribution is -2.58. The van der Waals surface area contributed by atoms with E-state index >= 15 is 0 Å². The van der Waals surface area contributed by atoms with Gasteiger partial charge >= 0.3 is 5.97 Å². The third kappa shape index (κ3) is 5.89. The van der Waals surface area contributed by atoms with Crippen LogP contribution >= 0.6 is 0 Å². The number of nitrogens with one attached hydrogen (secondary N) is 2. The standard InChI is InChI=1S/C32H43N3O6/c1-31(11-4-12-31)18-34-29(37)26-19-5-7-20(8-6-19)27(26)35-28(36)23-16-24(21(17-33)15-25(23)40-3)41-22-9-13-32(2,14-10-22)30(38)39/h15-16,19-20,22,26-27H,4-14,18H2,1-3H3,(H,34,37)(H,35,36)(H,38,39)/t19?,20?,22?,26?,27-,32?/m0/s1. The predicted octanol–water partition coefficient (Wildman–Crippen LogP) is 4.82. The number of amides is 2. The summed E-state index contributed by atoms with van der Waals surface area (Å²) in [7, 11) is 1.46. The summed E-state index contributed by atoms with van der Waals surface area (Å²) >= 11 is 0. The molecule has 0 aromatic heterocycles. The molecule has 0 aliphatic heterocycles. The Balaban J connectivity index is 1.33. The lowest BCUT2D eigenvalue weighted by molar-refractivity contribution is -0.150. The molecule has 0 saturated heterocycles. The van der Waals surface area contributed by atoms with Crippen LogP contribution in [-0.4, -0.2) is 48.7 Å². The van der Waals surface area contributed by atoms with E-state index in [0.29, 0.717) is 32.2 Å². The number of nitrogens with zero attached hydrogens (tertiary/aromatic N) is 1. The molecule has 9 nitrogen and oxygen atoms in total. The third-order valence-corrected chi connectivity index (χ3v) is 10.6. The molecule has 5 aliphatic rings. The molecule has 0 radical (unpaired) electrons. The molecule has 0 spiro atoms. The number of hydrogen-bond acceptors (Lipinski definition) is 6. The summed E-state index contributed by atoms with van der Waals surface area (Å²) in [4.78, 5) is 38.9. The van der Waals surface area contributed by atoms with Gasteiger partial charge in [0.25, 0.3) is 5.91 Å². The average Bonchev–Trinajstić information content (AvgIpc) is 2.96. The smallest absolute Gasteiger partial charge is 0.309 e. The highest BCUT2D eigenvalue weighted by molar-refractivity contribution is 5.98. The topological polar surface area (TPSA) is 138 Å². The molecule has 1 aromatic carbocycles.